The highest BCUT2D eigenvalue weighted by Gasteiger charge is 2.22. The van der Waals surface area contributed by atoms with Gasteiger partial charge < -0.3 is 11.1 Å². The molecule has 3 N–H and O–H groups in total. The summed E-state index contributed by atoms with van der Waals surface area (Å²) in [5, 5.41) is 11.1. The molecule has 2 rings (SSSR count). The van der Waals surface area contributed by atoms with Gasteiger partial charge in [0.25, 0.3) is 0 Å². The van der Waals surface area contributed by atoms with Crippen LogP contribution in [0.1, 0.15) is 32.6 Å². The largest absolute Gasteiger partial charge is 0.369 e. The van der Waals surface area contributed by atoms with Crippen molar-refractivity contribution in [3.05, 3.63) is 0 Å². The zero-order chi connectivity index (χ0) is 15.9. The lowest BCUT2D eigenvalue weighted by atomic mass is 9.86. The first-order chi connectivity index (χ1) is 10.5. The number of primary amides is 1. The molecule has 0 aromatic carbocycles. The van der Waals surface area contributed by atoms with E-state index < -0.39 is 0 Å². The van der Waals surface area contributed by atoms with Gasteiger partial charge in [0.1, 0.15) is 0 Å². The first-order valence-electron chi connectivity index (χ1n) is 7.21. The van der Waals surface area contributed by atoms with Crippen LogP contribution in [0.15, 0.2) is 8.68 Å². The van der Waals surface area contributed by atoms with E-state index in [2.05, 4.69) is 22.4 Å². The van der Waals surface area contributed by atoms with Crippen LogP contribution < -0.4 is 11.1 Å². The molecule has 2 amide bonds. The highest BCUT2D eigenvalue weighted by atomic mass is 32.2. The van der Waals surface area contributed by atoms with E-state index in [4.69, 9.17) is 5.73 Å². The lowest BCUT2D eigenvalue weighted by Gasteiger charge is -2.29. The summed E-state index contributed by atoms with van der Waals surface area (Å²) in [5.41, 5.74) is 5.08. The fourth-order valence-corrected chi connectivity index (χ4v) is 4.92. The van der Waals surface area contributed by atoms with Crippen molar-refractivity contribution in [1.29, 1.82) is 0 Å². The Balaban J connectivity index is 1.72. The molecule has 0 bridgehead atoms. The van der Waals surface area contributed by atoms with Crippen molar-refractivity contribution in [3.63, 3.8) is 0 Å². The Morgan fingerprint density at radius 2 is 1.86 bits per heavy atom. The van der Waals surface area contributed by atoms with Gasteiger partial charge in [0.2, 0.25) is 11.8 Å². The molecular formula is C13H20N4O2S3. The zero-order valence-electron chi connectivity index (χ0n) is 12.4. The average Bonchev–Trinajstić information content (AvgIpc) is 2.93. The summed E-state index contributed by atoms with van der Waals surface area (Å²) in [6.45, 7) is 2.20. The van der Waals surface area contributed by atoms with Gasteiger partial charge in [0, 0.05) is 6.04 Å². The molecule has 9 heteroatoms. The molecule has 122 valence electrons. The number of nitrogens with zero attached hydrogens (tertiary/aromatic N) is 2. The van der Waals surface area contributed by atoms with Crippen molar-refractivity contribution in [2.75, 3.05) is 11.5 Å². The molecule has 1 aromatic heterocycles. The molecule has 1 heterocycles. The predicted molar refractivity (Wildman–Crippen MR) is 90.1 cm³/mol. The van der Waals surface area contributed by atoms with Crippen LogP contribution in [0.5, 0.6) is 0 Å². The highest BCUT2D eigenvalue weighted by Crippen LogP contribution is 2.29. The minimum atomic E-state index is -0.379. The second kappa shape index (κ2) is 8.73. The van der Waals surface area contributed by atoms with Crippen LogP contribution in [-0.2, 0) is 9.59 Å². The van der Waals surface area contributed by atoms with Crippen LogP contribution in [0.25, 0.3) is 0 Å². The first-order valence-corrected chi connectivity index (χ1v) is 10.00. The van der Waals surface area contributed by atoms with Gasteiger partial charge in [-0.15, -0.1) is 10.2 Å². The fourth-order valence-electron chi connectivity index (χ4n) is 2.35. The molecule has 1 aromatic rings. The number of hydrogen-bond acceptors (Lipinski definition) is 7. The number of nitrogens with two attached hydrogens (primary N) is 1. The molecule has 0 aliphatic heterocycles. The lowest BCUT2D eigenvalue weighted by Crippen LogP contribution is -2.41. The average molecular weight is 361 g/mol. The van der Waals surface area contributed by atoms with Gasteiger partial charge in [-0.3, -0.25) is 9.59 Å². The van der Waals surface area contributed by atoms with Crippen LogP contribution in [0.2, 0.25) is 0 Å². The van der Waals surface area contributed by atoms with E-state index in [1.165, 1.54) is 54.1 Å². The van der Waals surface area contributed by atoms with E-state index in [0.717, 1.165) is 10.8 Å². The topological polar surface area (TPSA) is 98.0 Å². The molecule has 1 saturated carbocycles. The summed E-state index contributed by atoms with van der Waals surface area (Å²) in [4.78, 5) is 22.7. The Morgan fingerprint density at radius 1 is 1.23 bits per heavy atom. The molecule has 22 heavy (non-hydrogen) atoms. The normalized spacial score (nSPS) is 21.5. The Bertz CT molecular complexity index is 523. The number of carbonyl (C=O) groups is 2. The maximum absolute atomic E-state index is 12.0. The summed E-state index contributed by atoms with van der Waals surface area (Å²) >= 11 is 4.03. The summed E-state index contributed by atoms with van der Waals surface area (Å²) in [5.74, 6) is 0.763. The number of carbonyl (C=O) groups excluding carboxylic acids is 2. The van der Waals surface area contributed by atoms with Crippen LogP contribution in [-0.4, -0.2) is 39.6 Å². The number of rotatable bonds is 7. The van der Waals surface area contributed by atoms with Crippen molar-refractivity contribution < 1.29 is 9.59 Å². The summed E-state index contributed by atoms with van der Waals surface area (Å²) in [6, 6.07) is 0.304. The maximum Gasteiger partial charge on any atom is 0.230 e. The molecule has 1 aliphatic rings. The minimum absolute atomic E-state index is 0.0466. The third-order valence-electron chi connectivity index (χ3n) is 3.51. The minimum Gasteiger partial charge on any atom is -0.369 e. The Kier molecular flexibility index (Phi) is 6.97. The number of nitrogens with one attached hydrogen (secondary N) is 1. The molecular weight excluding hydrogens is 340 g/mol. The summed E-state index contributed by atoms with van der Waals surface area (Å²) in [7, 11) is 0. The van der Waals surface area contributed by atoms with E-state index in [0.29, 0.717) is 22.1 Å². The van der Waals surface area contributed by atoms with Crippen molar-refractivity contribution in [2.24, 2.45) is 11.7 Å². The highest BCUT2D eigenvalue weighted by molar-refractivity contribution is 8.03. The predicted octanol–water partition coefficient (Wildman–Crippen LogP) is 1.90. The van der Waals surface area contributed by atoms with Crippen molar-refractivity contribution in [3.8, 4) is 0 Å². The third kappa shape index (κ3) is 5.77. The van der Waals surface area contributed by atoms with Crippen LogP contribution >= 0.6 is 34.9 Å². The summed E-state index contributed by atoms with van der Waals surface area (Å²) < 4.78 is 1.43. The van der Waals surface area contributed by atoms with Gasteiger partial charge in [-0.2, -0.15) is 0 Å². The number of aromatic nitrogens is 2. The van der Waals surface area contributed by atoms with Crippen molar-refractivity contribution in [1.82, 2.24) is 15.5 Å². The Morgan fingerprint density at radius 3 is 2.50 bits per heavy atom. The second-order valence-electron chi connectivity index (χ2n) is 5.31. The Labute approximate surface area is 142 Å². The van der Waals surface area contributed by atoms with Crippen LogP contribution in [0, 0.1) is 5.92 Å². The first kappa shape index (κ1) is 17.6. The van der Waals surface area contributed by atoms with Gasteiger partial charge in [-0.25, -0.2) is 0 Å². The van der Waals surface area contributed by atoms with Gasteiger partial charge in [-0.05, 0) is 18.8 Å². The number of hydrogen-bond donors (Lipinski definition) is 2. The lowest BCUT2D eigenvalue weighted by molar-refractivity contribution is -0.119. The fraction of sp³-hybridized carbons (Fsp3) is 0.692. The smallest absolute Gasteiger partial charge is 0.230 e. The second-order valence-corrected chi connectivity index (χ2v) is 8.74. The molecule has 2 atom stereocenters. The molecule has 1 fully saturated rings. The van der Waals surface area contributed by atoms with E-state index in [-0.39, 0.29) is 17.6 Å². The Hall–Kier alpha value is -0.800. The summed E-state index contributed by atoms with van der Waals surface area (Å²) in [6.07, 6.45) is 4.72. The van der Waals surface area contributed by atoms with Crippen LogP contribution in [0.3, 0.4) is 0 Å². The quantitative estimate of drug-likeness (QED) is 0.721. The van der Waals surface area contributed by atoms with Gasteiger partial charge in [-0.1, -0.05) is 54.6 Å². The molecule has 1 aliphatic carbocycles. The molecule has 0 unspecified atom stereocenters. The number of amides is 2. The number of thioether (sulfide) groups is 2. The monoisotopic (exact) mass is 360 g/mol. The van der Waals surface area contributed by atoms with E-state index in [9.17, 15) is 9.59 Å². The van der Waals surface area contributed by atoms with Crippen molar-refractivity contribution in [2.45, 2.75) is 47.3 Å². The SMILES string of the molecule is C[C@H]1CCCC[C@H]1NC(=O)CSc1nnc(SCC(N)=O)s1. The van der Waals surface area contributed by atoms with E-state index in [1.54, 1.807) is 0 Å². The van der Waals surface area contributed by atoms with Crippen LogP contribution in [0.4, 0.5) is 0 Å². The van der Waals surface area contributed by atoms with Gasteiger partial charge in [0.15, 0.2) is 8.68 Å². The molecule has 0 spiro atoms. The standard InChI is InChI=1S/C13H20N4O2S3/c1-8-4-2-3-5-9(8)15-11(19)7-21-13-17-16-12(22-13)20-6-10(14)18/h8-9H,2-7H2,1H3,(H2,14,18)(H,15,19)/t8-,9+/m0/s1. The molecule has 6 nitrogen and oxygen atoms in total. The maximum atomic E-state index is 12.0. The molecule has 0 radical (unpaired) electrons. The molecule has 0 saturated heterocycles. The van der Waals surface area contributed by atoms with Gasteiger partial charge in [0.05, 0.1) is 11.5 Å². The zero-order valence-corrected chi connectivity index (χ0v) is 14.9. The van der Waals surface area contributed by atoms with Crippen molar-refractivity contribution >= 4 is 46.7 Å². The van der Waals surface area contributed by atoms with E-state index >= 15 is 0 Å². The third-order valence-corrected chi connectivity index (χ3v) is 6.72. The van der Waals surface area contributed by atoms with Gasteiger partial charge >= 0.3 is 0 Å². The van der Waals surface area contributed by atoms with E-state index in [1.807, 2.05) is 0 Å².